The second-order valence-corrected chi connectivity index (χ2v) is 4.26. The molecule has 3 heteroatoms. The molecule has 1 atom stereocenters. The molecule has 0 aliphatic heterocycles. The first kappa shape index (κ1) is 7.18. The zero-order valence-corrected chi connectivity index (χ0v) is 7.36. The highest BCUT2D eigenvalue weighted by atomic mass is 16.1. The Balaban J connectivity index is 2.06. The van der Waals surface area contributed by atoms with Crippen LogP contribution in [0.15, 0.2) is 23.1 Å². The minimum atomic E-state index is -0.0173. The Kier molecular flexibility index (Phi) is 1.09. The molecule has 0 aromatic carbocycles. The predicted molar refractivity (Wildman–Crippen MR) is 50.4 cm³/mol. The van der Waals surface area contributed by atoms with Crippen molar-refractivity contribution in [1.82, 2.24) is 4.57 Å². The molecule has 2 aliphatic carbocycles. The van der Waals surface area contributed by atoms with Gasteiger partial charge in [-0.2, -0.15) is 0 Å². The third kappa shape index (κ3) is 0.870. The maximum atomic E-state index is 11.6. The smallest absolute Gasteiger partial charge is 0.273 e. The lowest BCUT2D eigenvalue weighted by Gasteiger charge is -2.03. The first-order chi connectivity index (χ1) is 6.23. The SMILES string of the molecule is Nc1cccn(C2CC23CC3)c1=O. The Hall–Kier alpha value is -1.25. The maximum absolute atomic E-state index is 11.6. The normalized spacial score (nSPS) is 27.5. The van der Waals surface area contributed by atoms with Crippen LogP contribution in [0.25, 0.3) is 0 Å². The van der Waals surface area contributed by atoms with Crippen LogP contribution in [0.5, 0.6) is 0 Å². The molecule has 0 radical (unpaired) electrons. The minimum Gasteiger partial charge on any atom is -0.394 e. The van der Waals surface area contributed by atoms with Crippen molar-refractivity contribution in [3.8, 4) is 0 Å². The fourth-order valence-electron chi connectivity index (χ4n) is 2.19. The van der Waals surface area contributed by atoms with Crippen LogP contribution >= 0.6 is 0 Å². The quantitative estimate of drug-likeness (QED) is 0.697. The van der Waals surface area contributed by atoms with E-state index in [4.69, 9.17) is 5.73 Å². The zero-order valence-electron chi connectivity index (χ0n) is 7.36. The Morgan fingerprint density at radius 2 is 2.31 bits per heavy atom. The molecular formula is C10H12N2O. The highest BCUT2D eigenvalue weighted by Gasteiger charge is 2.63. The van der Waals surface area contributed by atoms with Gasteiger partial charge < -0.3 is 10.3 Å². The maximum Gasteiger partial charge on any atom is 0.273 e. The van der Waals surface area contributed by atoms with Crippen LogP contribution in [-0.2, 0) is 0 Å². The van der Waals surface area contributed by atoms with Gasteiger partial charge in [0.15, 0.2) is 0 Å². The highest BCUT2D eigenvalue weighted by molar-refractivity contribution is 5.35. The van der Waals surface area contributed by atoms with Crippen LogP contribution in [0, 0.1) is 5.41 Å². The molecule has 1 aromatic rings. The first-order valence-corrected chi connectivity index (χ1v) is 4.70. The summed E-state index contributed by atoms with van der Waals surface area (Å²) in [4.78, 5) is 11.6. The van der Waals surface area contributed by atoms with E-state index in [1.54, 1.807) is 6.07 Å². The summed E-state index contributed by atoms with van der Waals surface area (Å²) in [6, 6.07) is 3.97. The molecule has 2 fully saturated rings. The molecule has 68 valence electrons. The number of rotatable bonds is 1. The Bertz CT molecular complexity index is 417. The molecule has 13 heavy (non-hydrogen) atoms. The lowest BCUT2D eigenvalue weighted by Crippen LogP contribution is -2.21. The molecule has 0 amide bonds. The van der Waals surface area contributed by atoms with Crippen molar-refractivity contribution in [2.75, 3.05) is 5.73 Å². The third-order valence-electron chi connectivity index (χ3n) is 3.38. The summed E-state index contributed by atoms with van der Waals surface area (Å²) in [5.41, 5.74) is 6.42. The van der Waals surface area contributed by atoms with Gasteiger partial charge in [-0.05, 0) is 36.8 Å². The van der Waals surface area contributed by atoms with Gasteiger partial charge >= 0.3 is 0 Å². The highest BCUT2D eigenvalue weighted by Crippen LogP contribution is 2.72. The Morgan fingerprint density at radius 3 is 2.92 bits per heavy atom. The van der Waals surface area contributed by atoms with Gasteiger partial charge in [-0.1, -0.05) is 0 Å². The van der Waals surface area contributed by atoms with Crippen molar-refractivity contribution in [3.05, 3.63) is 28.7 Å². The van der Waals surface area contributed by atoms with Gasteiger partial charge in [-0.3, -0.25) is 4.79 Å². The van der Waals surface area contributed by atoms with Gasteiger partial charge in [0.2, 0.25) is 0 Å². The van der Waals surface area contributed by atoms with E-state index in [9.17, 15) is 4.79 Å². The summed E-state index contributed by atoms with van der Waals surface area (Å²) in [6.45, 7) is 0. The molecule has 3 nitrogen and oxygen atoms in total. The van der Waals surface area contributed by atoms with Crippen molar-refractivity contribution < 1.29 is 0 Å². The van der Waals surface area contributed by atoms with Crippen LogP contribution in [0.4, 0.5) is 5.69 Å². The number of hydrogen-bond acceptors (Lipinski definition) is 2. The largest absolute Gasteiger partial charge is 0.394 e. The molecule has 2 saturated carbocycles. The lowest BCUT2D eigenvalue weighted by atomic mass is 10.3. The molecule has 2 N–H and O–H groups in total. The Labute approximate surface area is 76.2 Å². The predicted octanol–water partition coefficient (Wildman–Crippen LogP) is 1.16. The second-order valence-electron chi connectivity index (χ2n) is 4.26. The number of hydrogen-bond donors (Lipinski definition) is 1. The van der Waals surface area contributed by atoms with Gasteiger partial charge in [-0.15, -0.1) is 0 Å². The minimum absolute atomic E-state index is 0.0173. The van der Waals surface area contributed by atoms with Crippen LogP contribution in [-0.4, -0.2) is 4.57 Å². The van der Waals surface area contributed by atoms with Crippen molar-refractivity contribution in [1.29, 1.82) is 0 Å². The van der Waals surface area contributed by atoms with Gasteiger partial charge in [0.05, 0.1) is 5.69 Å². The summed E-state index contributed by atoms with van der Waals surface area (Å²) in [7, 11) is 0. The van der Waals surface area contributed by atoms with E-state index in [0.29, 0.717) is 17.1 Å². The number of nitrogens with zero attached hydrogens (tertiary/aromatic N) is 1. The fourth-order valence-corrected chi connectivity index (χ4v) is 2.19. The van der Waals surface area contributed by atoms with Crippen LogP contribution in [0.3, 0.4) is 0 Å². The monoisotopic (exact) mass is 176 g/mol. The van der Waals surface area contributed by atoms with E-state index < -0.39 is 0 Å². The summed E-state index contributed by atoms with van der Waals surface area (Å²) in [5, 5.41) is 0. The summed E-state index contributed by atoms with van der Waals surface area (Å²) < 4.78 is 1.81. The van der Waals surface area contributed by atoms with Crippen molar-refractivity contribution in [3.63, 3.8) is 0 Å². The summed E-state index contributed by atoms with van der Waals surface area (Å²) >= 11 is 0. The third-order valence-corrected chi connectivity index (χ3v) is 3.38. The molecule has 1 aromatic heterocycles. The number of anilines is 1. The number of nitrogen functional groups attached to an aromatic ring is 1. The van der Waals surface area contributed by atoms with E-state index in [2.05, 4.69) is 0 Å². The van der Waals surface area contributed by atoms with Crippen molar-refractivity contribution in [2.45, 2.75) is 25.3 Å². The van der Waals surface area contributed by atoms with Crippen LogP contribution < -0.4 is 11.3 Å². The average molecular weight is 176 g/mol. The van der Waals surface area contributed by atoms with E-state index >= 15 is 0 Å². The zero-order chi connectivity index (χ0) is 9.05. The van der Waals surface area contributed by atoms with Crippen molar-refractivity contribution >= 4 is 5.69 Å². The molecule has 1 spiro atoms. The standard InChI is InChI=1S/C10H12N2O/c11-7-2-1-5-12(9(7)13)8-6-10(8)3-4-10/h1-2,5,8H,3-4,6,11H2. The molecular weight excluding hydrogens is 164 g/mol. The average Bonchev–Trinajstić information content (AvgIpc) is 3.00. The number of aromatic nitrogens is 1. The second kappa shape index (κ2) is 1.97. The number of pyridine rings is 1. The molecule has 0 bridgehead atoms. The fraction of sp³-hybridized carbons (Fsp3) is 0.500. The molecule has 2 aliphatic rings. The van der Waals surface area contributed by atoms with Crippen molar-refractivity contribution in [2.24, 2.45) is 5.41 Å². The van der Waals surface area contributed by atoms with Crippen LogP contribution in [0.1, 0.15) is 25.3 Å². The van der Waals surface area contributed by atoms with Gasteiger partial charge in [-0.25, -0.2) is 0 Å². The van der Waals surface area contributed by atoms with E-state index in [1.165, 1.54) is 19.3 Å². The summed E-state index contributed by atoms with van der Waals surface area (Å²) in [5.74, 6) is 0. The number of nitrogens with two attached hydrogens (primary N) is 1. The molecule has 1 unspecified atom stereocenters. The van der Waals surface area contributed by atoms with Crippen LogP contribution in [0.2, 0.25) is 0 Å². The topological polar surface area (TPSA) is 48.0 Å². The van der Waals surface area contributed by atoms with Gasteiger partial charge in [0, 0.05) is 12.2 Å². The van der Waals surface area contributed by atoms with E-state index in [-0.39, 0.29) is 5.56 Å². The molecule has 0 saturated heterocycles. The first-order valence-electron chi connectivity index (χ1n) is 4.70. The van der Waals surface area contributed by atoms with Gasteiger partial charge in [0.25, 0.3) is 5.56 Å². The summed E-state index contributed by atoms with van der Waals surface area (Å²) in [6.07, 6.45) is 5.62. The molecule has 3 rings (SSSR count). The van der Waals surface area contributed by atoms with E-state index in [1.807, 2.05) is 16.8 Å². The van der Waals surface area contributed by atoms with Gasteiger partial charge in [0.1, 0.15) is 0 Å². The lowest BCUT2D eigenvalue weighted by molar-refractivity contribution is 0.633. The Morgan fingerprint density at radius 1 is 1.54 bits per heavy atom. The molecule has 1 heterocycles. The van der Waals surface area contributed by atoms with E-state index in [0.717, 1.165) is 0 Å².